The number of furan rings is 1. The Bertz CT molecular complexity index is 1400. The van der Waals surface area contributed by atoms with Crippen LogP contribution in [0.4, 0.5) is 11.4 Å². The molecule has 1 N–H and O–H groups in total. The maximum atomic E-state index is 11.9. The molecule has 9 heteroatoms. The number of amides is 1. The summed E-state index contributed by atoms with van der Waals surface area (Å²) in [6, 6.07) is 16.4. The Kier molecular flexibility index (Phi) is 6.01. The number of fused-ring (bicyclic) bond motifs is 1. The summed E-state index contributed by atoms with van der Waals surface area (Å²) in [5.74, 6) is 0.889. The van der Waals surface area contributed by atoms with Crippen LogP contribution in [0.3, 0.4) is 0 Å². The normalized spacial score (nSPS) is 13.2. The van der Waals surface area contributed by atoms with E-state index in [1.165, 1.54) is 11.3 Å². The number of nitrogens with one attached hydrogen (secondary N) is 1. The zero-order chi connectivity index (χ0) is 23.5. The third-order valence-electron chi connectivity index (χ3n) is 5.20. The number of anilines is 1. The van der Waals surface area contributed by atoms with Crippen molar-refractivity contribution in [2.75, 3.05) is 18.5 Å². The highest BCUT2D eigenvalue weighted by molar-refractivity contribution is 7.07. The van der Waals surface area contributed by atoms with E-state index >= 15 is 0 Å². The van der Waals surface area contributed by atoms with Gasteiger partial charge in [0.05, 0.1) is 42.0 Å². The molecule has 0 saturated carbocycles. The van der Waals surface area contributed by atoms with Crippen LogP contribution in [0.15, 0.2) is 75.7 Å². The summed E-state index contributed by atoms with van der Waals surface area (Å²) in [6.45, 7) is 2.60. The maximum Gasteiger partial charge on any atom is 0.338 e. The summed E-state index contributed by atoms with van der Waals surface area (Å²) in [5.41, 5.74) is 3.66. The summed E-state index contributed by atoms with van der Waals surface area (Å²) < 4.78 is 18.2. The van der Waals surface area contributed by atoms with Crippen LogP contribution in [-0.4, -0.2) is 29.7 Å². The third-order valence-corrected chi connectivity index (χ3v) is 6.07. The fourth-order valence-electron chi connectivity index (χ4n) is 3.60. The number of carbonyl (C=O) groups excluding carboxylic acids is 2. The Balaban J connectivity index is 1.54. The Hall–Kier alpha value is -4.11. The quantitative estimate of drug-likeness (QED) is 0.411. The SMILES string of the molecule is CCOC(=O)c1ccc(N=c2scc(-c3ccc4c(c3)NC(=O)CO4)n2Cc2ccco2)cc1. The van der Waals surface area contributed by atoms with E-state index in [9.17, 15) is 9.59 Å². The first kappa shape index (κ1) is 21.7. The minimum atomic E-state index is -0.358. The molecule has 0 atom stereocenters. The van der Waals surface area contributed by atoms with E-state index < -0.39 is 0 Å². The molecule has 1 amide bonds. The molecule has 0 radical (unpaired) electrons. The average Bonchev–Trinajstić information content (AvgIpc) is 3.50. The first-order valence-corrected chi connectivity index (χ1v) is 11.6. The van der Waals surface area contributed by atoms with Gasteiger partial charge in [-0.2, -0.15) is 0 Å². The number of hydrogen-bond acceptors (Lipinski definition) is 7. The smallest absolute Gasteiger partial charge is 0.338 e. The van der Waals surface area contributed by atoms with E-state index in [1.807, 2.05) is 35.7 Å². The van der Waals surface area contributed by atoms with Crippen molar-refractivity contribution >= 4 is 34.6 Å². The molecule has 4 aromatic rings. The van der Waals surface area contributed by atoms with E-state index in [1.54, 1.807) is 37.5 Å². The molecule has 0 aliphatic carbocycles. The van der Waals surface area contributed by atoms with Crippen molar-refractivity contribution in [1.82, 2.24) is 4.57 Å². The van der Waals surface area contributed by atoms with Crippen molar-refractivity contribution in [3.05, 3.63) is 82.4 Å². The van der Waals surface area contributed by atoms with Gasteiger partial charge in [0.25, 0.3) is 5.91 Å². The molecule has 3 heterocycles. The molecule has 34 heavy (non-hydrogen) atoms. The van der Waals surface area contributed by atoms with Gasteiger partial charge < -0.3 is 23.8 Å². The molecular formula is C25H21N3O5S. The number of hydrogen-bond donors (Lipinski definition) is 1. The van der Waals surface area contributed by atoms with Gasteiger partial charge in [-0.3, -0.25) is 4.79 Å². The Morgan fingerprint density at radius 2 is 2.06 bits per heavy atom. The van der Waals surface area contributed by atoms with Gasteiger partial charge in [0.1, 0.15) is 11.5 Å². The summed E-state index contributed by atoms with van der Waals surface area (Å²) in [4.78, 5) is 29.3. The van der Waals surface area contributed by atoms with Crippen LogP contribution in [0, 0.1) is 0 Å². The summed E-state index contributed by atoms with van der Waals surface area (Å²) in [5, 5.41) is 4.87. The van der Waals surface area contributed by atoms with Crippen LogP contribution >= 0.6 is 11.3 Å². The molecule has 1 aliphatic rings. The predicted octanol–water partition coefficient (Wildman–Crippen LogP) is 4.60. The second kappa shape index (κ2) is 9.40. The molecule has 5 rings (SSSR count). The zero-order valence-corrected chi connectivity index (χ0v) is 19.1. The molecular weight excluding hydrogens is 454 g/mol. The highest BCUT2D eigenvalue weighted by Gasteiger charge is 2.18. The number of benzene rings is 2. The first-order chi connectivity index (χ1) is 16.6. The third kappa shape index (κ3) is 4.51. The van der Waals surface area contributed by atoms with Gasteiger partial charge in [0.15, 0.2) is 11.4 Å². The number of nitrogens with zero attached hydrogens (tertiary/aromatic N) is 2. The van der Waals surface area contributed by atoms with Crippen LogP contribution in [0.2, 0.25) is 0 Å². The second-order valence-corrected chi connectivity index (χ2v) is 8.33. The Morgan fingerprint density at radius 1 is 1.21 bits per heavy atom. The van der Waals surface area contributed by atoms with Crippen LogP contribution in [0.25, 0.3) is 11.3 Å². The van der Waals surface area contributed by atoms with E-state index in [0.29, 0.717) is 35.8 Å². The number of ether oxygens (including phenoxy) is 2. The molecule has 0 bridgehead atoms. The zero-order valence-electron chi connectivity index (χ0n) is 18.3. The minimum Gasteiger partial charge on any atom is -0.482 e. The van der Waals surface area contributed by atoms with Crippen molar-refractivity contribution in [3.8, 4) is 17.0 Å². The topological polar surface area (TPSA) is 95.1 Å². The predicted molar refractivity (Wildman–Crippen MR) is 127 cm³/mol. The monoisotopic (exact) mass is 475 g/mol. The fraction of sp³-hybridized carbons (Fsp3) is 0.160. The molecule has 0 saturated heterocycles. The minimum absolute atomic E-state index is 0.0152. The highest BCUT2D eigenvalue weighted by atomic mass is 32.1. The second-order valence-electron chi connectivity index (χ2n) is 7.50. The summed E-state index contributed by atoms with van der Waals surface area (Å²) >= 11 is 1.49. The summed E-state index contributed by atoms with van der Waals surface area (Å²) in [7, 11) is 0. The lowest BCUT2D eigenvalue weighted by atomic mass is 10.1. The van der Waals surface area contributed by atoms with Crippen LogP contribution in [0.1, 0.15) is 23.0 Å². The van der Waals surface area contributed by atoms with Crippen LogP contribution < -0.4 is 14.9 Å². The number of thiazole rings is 1. The van der Waals surface area contributed by atoms with E-state index in [0.717, 1.165) is 21.8 Å². The Morgan fingerprint density at radius 3 is 2.82 bits per heavy atom. The maximum absolute atomic E-state index is 11.9. The molecule has 2 aromatic carbocycles. The number of rotatable bonds is 6. The Labute approximate surface area is 199 Å². The van der Waals surface area contributed by atoms with Crippen LogP contribution in [0.5, 0.6) is 5.75 Å². The largest absolute Gasteiger partial charge is 0.482 e. The molecule has 0 unspecified atom stereocenters. The number of esters is 1. The van der Waals surface area contributed by atoms with Gasteiger partial charge in [-0.25, -0.2) is 9.79 Å². The van der Waals surface area contributed by atoms with E-state index in [2.05, 4.69) is 9.88 Å². The van der Waals surface area contributed by atoms with Gasteiger partial charge in [0, 0.05) is 10.9 Å². The van der Waals surface area contributed by atoms with Gasteiger partial charge in [-0.15, -0.1) is 11.3 Å². The fourth-order valence-corrected chi connectivity index (χ4v) is 4.53. The van der Waals surface area contributed by atoms with Crippen molar-refractivity contribution in [2.45, 2.75) is 13.5 Å². The van der Waals surface area contributed by atoms with Gasteiger partial charge >= 0.3 is 5.97 Å². The van der Waals surface area contributed by atoms with Gasteiger partial charge in [-0.1, -0.05) is 0 Å². The molecule has 8 nitrogen and oxygen atoms in total. The lowest BCUT2D eigenvalue weighted by Gasteiger charge is -2.18. The first-order valence-electron chi connectivity index (χ1n) is 10.7. The van der Waals surface area contributed by atoms with E-state index in [-0.39, 0.29) is 18.5 Å². The standard InChI is InChI=1S/C25H21N3O5S/c1-2-31-24(30)16-5-8-18(9-6-16)26-25-28(13-19-4-3-11-32-19)21(15-34-25)17-7-10-22-20(12-17)27-23(29)14-33-22/h3-12,15H,2,13-14H2,1H3,(H,27,29). The van der Waals surface area contributed by atoms with Crippen molar-refractivity contribution < 1.29 is 23.5 Å². The molecule has 172 valence electrons. The number of aromatic nitrogens is 1. The van der Waals surface area contributed by atoms with Crippen molar-refractivity contribution in [3.63, 3.8) is 0 Å². The summed E-state index contributed by atoms with van der Waals surface area (Å²) in [6.07, 6.45) is 1.64. The molecule has 0 fully saturated rings. The average molecular weight is 476 g/mol. The lowest BCUT2D eigenvalue weighted by molar-refractivity contribution is -0.118. The van der Waals surface area contributed by atoms with Gasteiger partial charge in [-0.05, 0) is 61.5 Å². The molecule has 2 aromatic heterocycles. The van der Waals surface area contributed by atoms with Crippen LogP contribution in [-0.2, 0) is 16.1 Å². The van der Waals surface area contributed by atoms with Crippen molar-refractivity contribution in [2.24, 2.45) is 4.99 Å². The van der Waals surface area contributed by atoms with E-state index in [4.69, 9.17) is 18.9 Å². The lowest BCUT2D eigenvalue weighted by Crippen LogP contribution is -2.25. The van der Waals surface area contributed by atoms with Crippen molar-refractivity contribution in [1.29, 1.82) is 0 Å². The molecule has 1 aliphatic heterocycles. The van der Waals surface area contributed by atoms with Gasteiger partial charge in [0.2, 0.25) is 0 Å². The number of carbonyl (C=O) groups is 2. The highest BCUT2D eigenvalue weighted by Crippen LogP contribution is 2.33. The molecule has 0 spiro atoms.